The zero-order chi connectivity index (χ0) is 7.19. The fourth-order valence-electron chi connectivity index (χ4n) is 1.69. The molecule has 1 spiro atoms. The van der Waals surface area contributed by atoms with Crippen molar-refractivity contribution in [2.75, 3.05) is 26.2 Å². The Morgan fingerprint density at radius 1 is 1.50 bits per heavy atom. The number of likely N-dealkylation sites (tertiary alicyclic amines) is 1. The highest BCUT2D eigenvalue weighted by molar-refractivity contribution is 5.74. The van der Waals surface area contributed by atoms with Crippen LogP contribution < -0.4 is 5.32 Å². The van der Waals surface area contributed by atoms with E-state index in [1.807, 2.05) is 4.90 Å². The Kier molecular flexibility index (Phi) is 1.06. The lowest BCUT2D eigenvalue weighted by Gasteiger charge is -2.55. The Hall–Kier alpha value is -0.570. The SMILES string of the molecule is CC(=O)N1CC2(CNC2)C1. The minimum absolute atomic E-state index is 0.220. The van der Waals surface area contributed by atoms with E-state index in [2.05, 4.69) is 5.32 Å². The number of amides is 1. The number of rotatable bonds is 0. The Balaban J connectivity index is 1.88. The van der Waals surface area contributed by atoms with Gasteiger partial charge in [0.2, 0.25) is 5.91 Å². The number of carbonyl (C=O) groups is 1. The highest BCUT2D eigenvalue weighted by atomic mass is 16.2. The van der Waals surface area contributed by atoms with Crippen molar-refractivity contribution in [3.8, 4) is 0 Å². The van der Waals surface area contributed by atoms with Crippen LogP contribution in [0.4, 0.5) is 0 Å². The highest BCUT2D eigenvalue weighted by Gasteiger charge is 2.48. The maximum Gasteiger partial charge on any atom is 0.219 e. The molecule has 0 radical (unpaired) electrons. The summed E-state index contributed by atoms with van der Waals surface area (Å²) in [6, 6.07) is 0. The fourth-order valence-corrected chi connectivity index (χ4v) is 1.69. The molecule has 2 aliphatic rings. The van der Waals surface area contributed by atoms with Gasteiger partial charge >= 0.3 is 0 Å². The van der Waals surface area contributed by atoms with E-state index in [1.165, 1.54) is 0 Å². The Morgan fingerprint density at radius 3 is 2.40 bits per heavy atom. The van der Waals surface area contributed by atoms with Crippen LogP contribution in [0.1, 0.15) is 6.92 Å². The van der Waals surface area contributed by atoms with Crippen LogP contribution >= 0.6 is 0 Å². The van der Waals surface area contributed by atoms with Crippen molar-refractivity contribution in [2.24, 2.45) is 5.41 Å². The molecule has 2 aliphatic heterocycles. The van der Waals surface area contributed by atoms with Crippen molar-refractivity contribution in [2.45, 2.75) is 6.92 Å². The molecule has 2 heterocycles. The molecule has 0 aliphatic carbocycles. The summed E-state index contributed by atoms with van der Waals surface area (Å²) < 4.78 is 0. The Morgan fingerprint density at radius 2 is 2.10 bits per heavy atom. The lowest BCUT2D eigenvalue weighted by Crippen LogP contribution is -2.71. The summed E-state index contributed by atoms with van der Waals surface area (Å²) in [6.07, 6.45) is 0. The van der Waals surface area contributed by atoms with Crippen molar-refractivity contribution >= 4 is 5.91 Å². The maximum absolute atomic E-state index is 10.8. The van der Waals surface area contributed by atoms with Gasteiger partial charge in [0, 0.05) is 38.5 Å². The number of nitrogens with zero attached hydrogens (tertiary/aromatic N) is 1. The van der Waals surface area contributed by atoms with Crippen molar-refractivity contribution in [1.29, 1.82) is 0 Å². The van der Waals surface area contributed by atoms with Crippen molar-refractivity contribution in [3.63, 3.8) is 0 Å². The predicted molar refractivity (Wildman–Crippen MR) is 37.6 cm³/mol. The van der Waals surface area contributed by atoms with E-state index in [-0.39, 0.29) is 5.91 Å². The lowest BCUT2D eigenvalue weighted by molar-refractivity contribution is -0.144. The maximum atomic E-state index is 10.8. The van der Waals surface area contributed by atoms with Crippen LogP contribution in [0.2, 0.25) is 0 Å². The van der Waals surface area contributed by atoms with Crippen LogP contribution in [0.15, 0.2) is 0 Å². The fraction of sp³-hybridized carbons (Fsp3) is 0.857. The van der Waals surface area contributed by atoms with E-state index in [9.17, 15) is 4.79 Å². The van der Waals surface area contributed by atoms with Crippen LogP contribution in [-0.2, 0) is 4.79 Å². The van der Waals surface area contributed by atoms with E-state index in [4.69, 9.17) is 0 Å². The van der Waals surface area contributed by atoms with Crippen molar-refractivity contribution < 1.29 is 4.79 Å². The molecule has 2 fully saturated rings. The monoisotopic (exact) mass is 140 g/mol. The largest absolute Gasteiger partial charge is 0.341 e. The van der Waals surface area contributed by atoms with E-state index >= 15 is 0 Å². The topological polar surface area (TPSA) is 32.3 Å². The van der Waals surface area contributed by atoms with Crippen molar-refractivity contribution in [3.05, 3.63) is 0 Å². The second-order valence-electron chi connectivity index (χ2n) is 3.48. The summed E-state index contributed by atoms with van der Waals surface area (Å²) in [7, 11) is 0. The second kappa shape index (κ2) is 1.72. The molecular weight excluding hydrogens is 128 g/mol. The van der Waals surface area contributed by atoms with Gasteiger partial charge in [-0.1, -0.05) is 0 Å². The molecule has 2 saturated heterocycles. The van der Waals surface area contributed by atoms with Gasteiger partial charge in [0.1, 0.15) is 0 Å². The van der Waals surface area contributed by atoms with Crippen LogP contribution in [0.25, 0.3) is 0 Å². The smallest absolute Gasteiger partial charge is 0.219 e. The van der Waals surface area contributed by atoms with Gasteiger partial charge in [0.15, 0.2) is 0 Å². The van der Waals surface area contributed by atoms with Crippen LogP contribution in [-0.4, -0.2) is 37.0 Å². The van der Waals surface area contributed by atoms with E-state index in [0.717, 1.165) is 26.2 Å². The quantitative estimate of drug-likeness (QED) is 0.489. The molecule has 0 aromatic rings. The molecule has 0 saturated carbocycles. The zero-order valence-corrected chi connectivity index (χ0v) is 6.18. The molecule has 0 bridgehead atoms. The molecule has 10 heavy (non-hydrogen) atoms. The molecule has 1 amide bonds. The van der Waals surface area contributed by atoms with E-state index in [0.29, 0.717) is 5.41 Å². The number of hydrogen-bond donors (Lipinski definition) is 1. The summed E-state index contributed by atoms with van der Waals surface area (Å²) >= 11 is 0. The van der Waals surface area contributed by atoms with Gasteiger partial charge in [-0.15, -0.1) is 0 Å². The van der Waals surface area contributed by atoms with Crippen LogP contribution in [0, 0.1) is 5.41 Å². The molecule has 0 unspecified atom stereocenters. The normalized spacial score (nSPS) is 27.5. The lowest BCUT2D eigenvalue weighted by atomic mass is 9.74. The zero-order valence-electron chi connectivity index (χ0n) is 6.18. The summed E-state index contributed by atoms with van der Waals surface area (Å²) in [5, 5.41) is 3.23. The van der Waals surface area contributed by atoms with Gasteiger partial charge in [-0.2, -0.15) is 0 Å². The number of nitrogens with one attached hydrogen (secondary N) is 1. The van der Waals surface area contributed by atoms with Gasteiger partial charge in [-0.05, 0) is 0 Å². The van der Waals surface area contributed by atoms with Crippen molar-refractivity contribution in [1.82, 2.24) is 10.2 Å². The number of hydrogen-bond acceptors (Lipinski definition) is 2. The molecule has 0 aromatic heterocycles. The molecule has 56 valence electrons. The Bertz CT molecular complexity index is 166. The first-order valence-corrected chi connectivity index (χ1v) is 3.68. The minimum Gasteiger partial charge on any atom is -0.341 e. The Labute approximate surface area is 60.4 Å². The molecule has 0 atom stereocenters. The van der Waals surface area contributed by atoms with Crippen LogP contribution in [0.3, 0.4) is 0 Å². The predicted octanol–water partition coefficient (Wildman–Crippen LogP) is -0.562. The molecule has 3 heteroatoms. The van der Waals surface area contributed by atoms with Gasteiger partial charge in [-0.25, -0.2) is 0 Å². The van der Waals surface area contributed by atoms with Gasteiger partial charge < -0.3 is 10.2 Å². The number of carbonyl (C=O) groups excluding carboxylic acids is 1. The molecule has 0 aromatic carbocycles. The standard InChI is InChI=1S/C7H12N2O/c1-6(10)9-4-7(5-9)2-8-3-7/h8H,2-5H2,1H3. The summed E-state index contributed by atoms with van der Waals surface area (Å²) in [6.45, 7) is 5.82. The van der Waals surface area contributed by atoms with Gasteiger partial charge in [0.25, 0.3) is 0 Å². The summed E-state index contributed by atoms with van der Waals surface area (Å²) in [5.41, 5.74) is 0.492. The first-order chi connectivity index (χ1) is 4.72. The van der Waals surface area contributed by atoms with Crippen LogP contribution in [0.5, 0.6) is 0 Å². The third-order valence-electron chi connectivity index (χ3n) is 2.50. The first kappa shape index (κ1) is 6.16. The van der Waals surface area contributed by atoms with Gasteiger partial charge in [-0.3, -0.25) is 4.79 Å². The summed E-state index contributed by atoms with van der Waals surface area (Å²) in [5.74, 6) is 0.220. The van der Waals surface area contributed by atoms with E-state index < -0.39 is 0 Å². The van der Waals surface area contributed by atoms with Gasteiger partial charge in [0.05, 0.1) is 0 Å². The van der Waals surface area contributed by atoms with E-state index in [1.54, 1.807) is 6.92 Å². The summed E-state index contributed by atoms with van der Waals surface area (Å²) in [4.78, 5) is 12.7. The third kappa shape index (κ3) is 0.669. The second-order valence-corrected chi connectivity index (χ2v) is 3.48. The molecule has 2 rings (SSSR count). The average molecular weight is 140 g/mol. The third-order valence-corrected chi connectivity index (χ3v) is 2.50. The minimum atomic E-state index is 0.220. The average Bonchev–Trinajstić information content (AvgIpc) is 1.54. The first-order valence-electron chi connectivity index (χ1n) is 3.68. The molecular formula is C7H12N2O. The highest BCUT2D eigenvalue weighted by Crippen LogP contribution is 2.33. The molecule has 3 nitrogen and oxygen atoms in total. The molecule has 1 N–H and O–H groups in total.